The molecule has 0 saturated heterocycles. The van der Waals surface area contributed by atoms with Crippen molar-refractivity contribution < 1.29 is 14.2 Å². The van der Waals surface area contributed by atoms with E-state index in [1.54, 1.807) is 0 Å². The van der Waals surface area contributed by atoms with Gasteiger partial charge in [-0.3, -0.25) is 9.13 Å². The Morgan fingerprint density at radius 3 is 2.51 bits per heavy atom. The molecule has 2 atom stereocenters. The van der Waals surface area contributed by atoms with Crippen LogP contribution < -0.4 is 15.5 Å². The Morgan fingerprint density at radius 2 is 1.76 bits per heavy atom. The molecule has 194 valence electrons. The Labute approximate surface area is 244 Å². The second-order valence-corrected chi connectivity index (χ2v) is 11.8. The Bertz CT molecular complexity index is 1300. The first kappa shape index (κ1) is 28.4. The molecule has 0 bridgehead atoms. The molecule has 2 aromatic carbocycles. The number of nitrogens with one attached hydrogen (secondary N) is 2. The van der Waals surface area contributed by atoms with Crippen molar-refractivity contribution in [2.45, 2.75) is 32.1 Å². The van der Waals surface area contributed by atoms with Crippen LogP contribution in [0.25, 0.3) is 22.4 Å². The zero-order chi connectivity index (χ0) is 25.9. The topological polar surface area (TPSA) is 103 Å². The van der Waals surface area contributed by atoms with E-state index in [4.69, 9.17) is 19.3 Å². The highest BCUT2D eigenvalue weighted by atomic mass is 127. The number of ether oxygens (including phenoxy) is 1. The molecular weight excluding hydrogens is 736 g/mol. The molecular formula is C24H26I2N6O3P2. The molecule has 2 aromatic heterocycles. The van der Waals surface area contributed by atoms with E-state index in [9.17, 15) is 4.79 Å². The summed E-state index contributed by atoms with van der Waals surface area (Å²) in [6.07, 6.45) is 6.57. The Kier molecular flexibility index (Phi) is 11.5. The quantitative estimate of drug-likeness (QED) is 0.0600. The maximum Gasteiger partial charge on any atom is 0.243 e. The summed E-state index contributed by atoms with van der Waals surface area (Å²) in [5, 5.41) is 3.33. The van der Waals surface area contributed by atoms with Crippen LogP contribution in [-0.4, -0.2) is 31.8 Å². The molecule has 0 aliphatic heterocycles. The van der Waals surface area contributed by atoms with Gasteiger partial charge in [-0.1, -0.05) is 43.2 Å². The highest BCUT2D eigenvalue weighted by Gasteiger charge is 2.15. The van der Waals surface area contributed by atoms with E-state index < -0.39 is 0 Å². The van der Waals surface area contributed by atoms with Crippen LogP contribution in [0, 0.1) is 0 Å². The van der Waals surface area contributed by atoms with Gasteiger partial charge in [-0.15, -0.1) is 0 Å². The number of hydroxylamine groups is 1. The molecule has 0 fully saturated rings. The minimum atomic E-state index is -0.0632. The van der Waals surface area contributed by atoms with Crippen molar-refractivity contribution in [3.05, 3.63) is 60.9 Å². The third kappa shape index (κ3) is 8.41. The number of carbonyl (C=O) groups is 1. The summed E-state index contributed by atoms with van der Waals surface area (Å²) >= 11 is 4.39. The number of hydrogen-bond acceptors (Lipinski definition) is 7. The van der Waals surface area contributed by atoms with Crippen LogP contribution >= 0.6 is 56.9 Å². The largest absolute Gasteiger partial charge is 0.494 e. The third-order valence-corrected chi connectivity index (χ3v) is 8.32. The van der Waals surface area contributed by atoms with Gasteiger partial charge < -0.3 is 10.1 Å². The van der Waals surface area contributed by atoms with Gasteiger partial charge in [0.25, 0.3) is 0 Å². The molecule has 2 N–H and O–H groups in total. The van der Waals surface area contributed by atoms with Crippen molar-refractivity contribution in [3.8, 4) is 17.0 Å². The predicted octanol–water partition coefficient (Wildman–Crippen LogP) is 7.35. The minimum absolute atomic E-state index is 0.0632. The Morgan fingerprint density at radius 1 is 0.973 bits per heavy atom. The van der Waals surface area contributed by atoms with E-state index in [1.165, 1.54) is 0 Å². The molecule has 0 aliphatic rings. The summed E-state index contributed by atoms with van der Waals surface area (Å²) in [5.74, 6) is 1.27. The summed E-state index contributed by atoms with van der Waals surface area (Å²) in [6, 6.07) is 17.8. The standard InChI is InChI=1S/C24H26I2N6O3P2/c25-36-32-16-27-22-21(17-8-4-3-5-9-17)29-24(30-23(22)32)28-18-11-13-19(14-12-18)34-15-7-2-1-6-10-20(33)31-35-37-26/h3-5,8-9,11-14,16,36-37H,1-2,6-7,10,15H2,(H,31,33)(H,28,29,30). The third-order valence-electron chi connectivity index (χ3n) is 5.42. The molecule has 1 amide bonds. The lowest BCUT2D eigenvalue weighted by atomic mass is 10.1. The lowest BCUT2D eigenvalue weighted by Gasteiger charge is -2.10. The van der Waals surface area contributed by atoms with Crippen molar-refractivity contribution in [1.29, 1.82) is 0 Å². The van der Waals surface area contributed by atoms with E-state index in [0.717, 1.165) is 59.5 Å². The number of rotatable bonds is 14. The van der Waals surface area contributed by atoms with Gasteiger partial charge >= 0.3 is 0 Å². The molecule has 2 unspecified atom stereocenters. The van der Waals surface area contributed by atoms with Gasteiger partial charge in [-0.05, 0) is 81.2 Å². The molecule has 13 heteroatoms. The maximum absolute atomic E-state index is 11.5. The molecule has 0 saturated carbocycles. The molecule has 37 heavy (non-hydrogen) atoms. The lowest BCUT2D eigenvalue weighted by Crippen LogP contribution is -2.19. The first-order chi connectivity index (χ1) is 18.2. The number of unbranched alkanes of at least 4 members (excludes halogenated alkanes) is 3. The van der Waals surface area contributed by atoms with E-state index in [0.29, 0.717) is 25.3 Å². The van der Waals surface area contributed by atoms with E-state index in [1.807, 2.05) is 65.3 Å². The number of aromatic nitrogens is 4. The second-order valence-electron chi connectivity index (χ2n) is 8.00. The molecule has 0 radical (unpaired) electrons. The van der Waals surface area contributed by atoms with E-state index in [-0.39, 0.29) is 12.4 Å². The molecule has 0 spiro atoms. The van der Waals surface area contributed by atoms with Gasteiger partial charge in [0.2, 0.25) is 11.9 Å². The zero-order valence-corrected chi connectivity index (χ0v) is 26.1. The first-order valence-electron chi connectivity index (χ1n) is 11.7. The van der Waals surface area contributed by atoms with Crippen LogP contribution in [-0.2, 0) is 9.42 Å². The lowest BCUT2D eigenvalue weighted by molar-refractivity contribution is -0.127. The number of amides is 1. The van der Waals surface area contributed by atoms with Gasteiger partial charge in [0.05, 0.1) is 13.0 Å². The van der Waals surface area contributed by atoms with Crippen molar-refractivity contribution in [1.82, 2.24) is 24.8 Å². The van der Waals surface area contributed by atoms with Crippen molar-refractivity contribution >= 4 is 85.6 Å². The van der Waals surface area contributed by atoms with Crippen LogP contribution in [0.2, 0.25) is 0 Å². The fraction of sp³-hybridized carbons (Fsp3) is 0.250. The number of fused-ring (bicyclic) bond motifs is 1. The number of benzene rings is 2. The fourth-order valence-corrected chi connectivity index (χ4v) is 5.52. The highest BCUT2D eigenvalue weighted by molar-refractivity contribution is 14.2. The zero-order valence-electron chi connectivity index (χ0n) is 19.8. The van der Waals surface area contributed by atoms with Crippen molar-refractivity contribution in [2.75, 3.05) is 11.9 Å². The summed E-state index contributed by atoms with van der Waals surface area (Å²) in [5.41, 5.74) is 6.69. The summed E-state index contributed by atoms with van der Waals surface area (Å²) in [6.45, 7) is 0.870. The summed E-state index contributed by atoms with van der Waals surface area (Å²) in [4.78, 5) is 25.6. The number of imidazole rings is 1. The monoisotopic (exact) mass is 762 g/mol. The van der Waals surface area contributed by atoms with Crippen LogP contribution in [0.3, 0.4) is 0 Å². The SMILES string of the molecule is O=C(CCCCCCOc1ccc(Nc2nc(-c3ccccc3)c3ncn(PI)c3n2)cc1)NOPI. The molecule has 4 aromatic rings. The average Bonchev–Trinajstić information content (AvgIpc) is 3.35. The normalized spacial score (nSPS) is 11.6. The number of halogens is 2. The van der Waals surface area contributed by atoms with Crippen molar-refractivity contribution in [2.24, 2.45) is 0 Å². The number of nitrogens with zero attached hydrogens (tertiary/aromatic N) is 4. The molecule has 2 heterocycles. The van der Waals surface area contributed by atoms with Gasteiger partial charge in [-0.25, -0.2) is 20.1 Å². The van der Waals surface area contributed by atoms with Gasteiger partial charge in [0.1, 0.15) is 29.7 Å². The molecule has 9 nitrogen and oxygen atoms in total. The minimum Gasteiger partial charge on any atom is -0.494 e. The van der Waals surface area contributed by atoms with Crippen LogP contribution in [0.1, 0.15) is 32.1 Å². The second kappa shape index (κ2) is 15.1. The predicted molar refractivity (Wildman–Crippen MR) is 168 cm³/mol. The van der Waals surface area contributed by atoms with Crippen LogP contribution in [0.5, 0.6) is 5.75 Å². The number of anilines is 2. The van der Waals surface area contributed by atoms with E-state index >= 15 is 0 Å². The van der Waals surface area contributed by atoms with Gasteiger partial charge in [0.15, 0.2) is 5.65 Å². The van der Waals surface area contributed by atoms with Gasteiger partial charge in [0, 0.05) is 17.7 Å². The van der Waals surface area contributed by atoms with Crippen LogP contribution in [0.15, 0.2) is 60.9 Å². The average molecular weight is 762 g/mol. The maximum atomic E-state index is 11.5. The number of hydrogen-bond donors (Lipinski definition) is 2. The fourth-order valence-electron chi connectivity index (χ4n) is 3.64. The smallest absolute Gasteiger partial charge is 0.243 e. The Hall–Kier alpha value is -1.66. The van der Waals surface area contributed by atoms with E-state index in [2.05, 4.69) is 59.9 Å². The van der Waals surface area contributed by atoms with Gasteiger partial charge in [-0.2, -0.15) is 4.98 Å². The number of carbonyl (C=O) groups excluding carboxylic acids is 1. The molecule has 4 rings (SSSR count). The highest BCUT2D eigenvalue weighted by Crippen LogP contribution is 2.33. The first-order valence-corrected chi connectivity index (χ1v) is 19.7. The van der Waals surface area contributed by atoms with Crippen LogP contribution in [0.4, 0.5) is 11.6 Å². The molecule has 0 aliphatic carbocycles. The summed E-state index contributed by atoms with van der Waals surface area (Å²) < 4.78 is 12.8. The van der Waals surface area contributed by atoms with Crippen molar-refractivity contribution in [3.63, 3.8) is 0 Å². The Balaban J connectivity index is 1.30. The summed E-state index contributed by atoms with van der Waals surface area (Å²) in [7, 11) is 0.